The first-order valence-electron chi connectivity index (χ1n) is 7.43. The number of hydrogen-bond acceptors (Lipinski definition) is 4. The average Bonchev–Trinajstić information content (AvgIpc) is 2.49. The number of rotatable bonds is 10. The lowest BCUT2D eigenvalue weighted by Gasteiger charge is -2.18. The van der Waals surface area contributed by atoms with Gasteiger partial charge >= 0.3 is 0 Å². The molecule has 0 heterocycles. The third kappa shape index (κ3) is 6.78. The Morgan fingerprint density at radius 2 is 2.10 bits per heavy atom. The van der Waals surface area contributed by atoms with E-state index in [1.807, 2.05) is 25.2 Å². The van der Waals surface area contributed by atoms with Gasteiger partial charge in [0.25, 0.3) is 0 Å². The second kappa shape index (κ2) is 10.2. The number of hydrogen-bond donors (Lipinski definition) is 2. The van der Waals surface area contributed by atoms with E-state index in [9.17, 15) is 5.11 Å². The third-order valence-corrected chi connectivity index (χ3v) is 3.75. The molecule has 21 heavy (non-hydrogen) atoms. The normalized spacial score (nSPS) is 14.0. The number of benzene rings is 1. The molecule has 1 aromatic rings. The van der Waals surface area contributed by atoms with Crippen molar-refractivity contribution in [1.29, 1.82) is 0 Å². The summed E-state index contributed by atoms with van der Waals surface area (Å²) in [5.74, 6) is 0.777. The summed E-state index contributed by atoms with van der Waals surface area (Å²) in [7, 11) is 1.91. The number of ether oxygens (including phenoxy) is 2. The molecule has 0 saturated heterocycles. The molecule has 0 aliphatic carbocycles. The Bertz CT molecular complexity index is 415. The van der Waals surface area contributed by atoms with Crippen molar-refractivity contribution in [3.8, 4) is 5.75 Å². The van der Waals surface area contributed by atoms with Crippen LogP contribution < -0.4 is 10.1 Å². The zero-order valence-corrected chi connectivity index (χ0v) is 14.6. The van der Waals surface area contributed by atoms with Crippen molar-refractivity contribution >= 4 is 15.9 Å². The van der Waals surface area contributed by atoms with Crippen LogP contribution in [0.1, 0.15) is 38.3 Å². The lowest BCUT2D eigenvalue weighted by Crippen LogP contribution is -2.24. The first kappa shape index (κ1) is 18.4. The molecule has 4 nitrogen and oxygen atoms in total. The molecule has 0 fully saturated rings. The summed E-state index contributed by atoms with van der Waals surface area (Å²) in [5.41, 5.74) is 1.07. The molecule has 2 atom stereocenters. The maximum Gasteiger partial charge on any atom is 0.125 e. The number of aliphatic hydroxyl groups excluding tert-OH is 1. The Morgan fingerprint density at radius 3 is 2.76 bits per heavy atom. The van der Waals surface area contributed by atoms with Gasteiger partial charge in [-0.3, -0.25) is 0 Å². The summed E-state index contributed by atoms with van der Waals surface area (Å²) in [4.78, 5) is 0. The van der Waals surface area contributed by atoms with Crippen molar-refractivity contribution in [3.05, 3.63) is 28.2 Å². The van der Waals surface area contributed by atoms with Gasteiger partial charge in [-0.05, 0) is 32.5 Å². The van der Waals surface area contributed by atoms with E-state index in [0.717, 1.165) is 28.6 Å². The van der Waals surface area contributed by atoms with E-state index < -0.39 is 6.10 Å². The van der Waals surface area contributed by atoms with E-state index in [-0.39, 0.29) is 12.6 Å². The predicted octanol–water partition coefficient (Wildman–Crippen LogP) is 3.29. The van der Waals surface area contributed by atoms with Gasteiger partial charge in [0.15, 0.2) is 0 Å². The van der Waals surface area contributed by atoms with E-state index in [1.165, 1.54) is 0 Å². The molecule has 1 aromatic carbocycles. The summed E-state index contributed by atoms with van der Waals surface area (Å²) in [5, 5.41) is 13.1. The standard InChI is InChI=1S/C16H26BrNO3/c1-4-5-8-20-10-14(19)11-21-16-9-13(17)6-7-15(16)12(2)18-3/h6-7,9,12,14,18-19H,4-5,8,10-11H2,1-3H3. The van der Waals surface area contributed by atoms with Crippen LogP contribution in [0.15, 0.2) is 22.7 Å². The Hall–Kier alpha value is -0.620. The minimum absolute atomic E-state index is 0.186. The minimum Gasteiger partial charge on any atom is -0.490 e. The third-order valence-electron chi connectivity index (χ3n) is 3.26. The van der Waals surface area contributed by atoms with Crippen molar-refractivity contribution in [1.82, 2.24) is 5.32 Å². The molecule has 0 aliphatic heterocycles. The fourth-order valence-corrected chi connectivity index (χ4v) is 2.19. The van der Waals surface area contributed by atoms with Crippen LogP contribution in [0.5, 0.6) is 5.75 Å². The molecular formula is C16H26BrNO3. The van der Waals surface area contributed by atoms with Crippen LogP contribution in [0, 0.1) is 0 Å². The number of aliphatic hydroxyl groups is 1. The van der Waals surface area contributed by atoms with E-state index in [2.05, 4.69) is 35.1 Å². The summed E-state index contributed by atoms with van der Waals surface area (Å²) >= 11 is 3.45. The summed E-state index contributed by atoms with van der Waals surface area (Å²) in [6, 6.07) is 6.12. The van der Waals surface area contributed by atoms with Crippen LogP contribution in [0.3, 0.4) is 0 Å². The molecule has 1 rings (SSSR count). The van der Waals surface area contributed by atoms with Crippen LogP contribution in [-0.2, 0) is 4.74 Å². The highest BCUT2D eigenvalue weighted by Gasteiger charge is 2.12. The van der Waals surface area contributed by atoms with Crippen LogP contribution in [-0.4, -0.2) is 38.1 Å². The van der Waals surface area contributed by atoms with E-state index in [0.29, 0.717) is 13.2 Å². The van der Waals surface area contributed by atoms with E-state index in [4.69, 9.17) is 9.47 Å². The second-order valence-electron chi connectivity index (χ2n) is 5.09. The van der Waals surface area contributed by atoms with Crippen molar-refractivity contribution < 1.29 is 14.6 Å². The molecule has 0 radical (unpaired) electrons. The lowest BCUT2D eigenvalue weighted by atomic mass is 10.1. The first-order valence-corrected chi connectivity index (χ1v) is 8.23. The fourth-order valence-electron chi connectivity index (χ4n) is 1.85. The maximum atomic E-state index is 9.89. The molecule has 0 aliphatic rings. The molecule has 0 aromatic heterocycles. The summed E-state index contributed by atoms with van der Waals surface area (Å²) in [6.07, 6.45) is 1.50. The highest BCUT2D eigenvalue weighted by Crippen LogP contribution is 2.28. The molecule has 0 amide bonds. The van der Waals surface area contributed by atoms with Crippen molar-refractivity contribution in [2.45, 2.75) is 38.8 Å². The number of halogens is 1. The van der Waals surface area contributed by atoms with Gasteiger partial charge in [0.2, 0.25) is 0 Å². The van der Waals surface area contributed by atoms with Gasteiger partial charge in [-0.15, -0.1) is 0 Å². The predicted molar refractivity (Wildman–Crippen MR) is 88.8 cm³/mol. The monoisotopic (exact) mass is 359 g/mol. The summed E-state index contributed by atoms with van der Waals surface area (Å²) in [6.45, 7) is 5.41. The van der Waals surface area contributed by atoms with Gasteiger partial charge in [0.1, 0.15) is 18.5 Å². The van der Waals surface area contributed by atoms with Gasteiger partial charge in [-0.1, -0.05) is 35.3 Å². The quantitative estimate of drug-likeness (QED) is 0.629. The molecule has 2 N–H and O–H groups in total. The Kier molecular flexibility index (Phi) is 8.92. The summed E-state index contributed by atoms with van der Waals surface area (Å²) < 4.78 is 12.1. The average molecular weight is 360 g/mol. The van der Waals surface area contributed by atoms with Crippen molar-refractivity contribution in [2.24, 2.45) is 0 Å². The Labute approximate surface area is 136 Å². The molecular weight excluding hydrogens is 334 g/mol. The zero-order chi connectivity index (χ0) is 15.7. The smallest absolute Gasteiger partial charge is 0.125 e. The Balaban J connectivity index is 2.51. The number of unbranched alkanes of at least 4 members (excludes halogenated alkanes) is 1. The zero-order valence-electron chi connectivity index (χ0n) is 13.1. The highest BCUT2D eigenvalue weighted by atomic mass is 79.9. The largest absolute Gasteiger partial charge is 0.490 e. The molecule has 0 spiro atoms. The minimum atomic E-state index is -0.612. The first-order chi connectivity index (χ1) is 10.1. The highest BCUT2D eigenvalue weighted by molar-refractivity contribution is 9.10. The molecule has 0 saturated carbocycles. The van der Waals surface area contributed by atoms with Gasteiger partial charge in [0, 0.05) is 22.7 Å². The molecule has 120 valence electrons. The van der Waals surface area contributed by atoms with Gasteiger partial charge < -0.3 is 19.9 Å². The maximum absolute atomic E-state index is 9.89. The topological polar surface area (TPSA) is 50.7 Å². The van der Waals surface area contributed by atoms with Crippen molar-refractivity contribution in [3.63, 3.8) is 0 Å². The molecule has 0 bridgehead atoms. The van der Waals surface area contributed by atoms with Crippen LogP contribution in [0.2, 0.25) is 0 Å². The van der Waals surface area contributed by atoms with Gasteiger partial charge in [-0.2, -0.15) is 0 Å². The van der Waals surface area contributed by atoms with Crippen molar-refractivity contribution in [2.75, 3.05) is 26.9 Å². The van der Waals surface area contributed by atoms with Crippen LogP contribution in [0.4, 0.5) is 0 Å². The molecule has 2 unspecified atom stereocenters. The fraction of sp³-hybridized carbons (Fsp3) is 0.625. The lowest BCUT2D eigenvalue weighted by molar-refractivity contribution is 0.0110. The van der Waals surface area contributed by atoms with Gasteiger partial charge in [-0.25, -0.2) is 0 Å². The van der Waals surface area contributed by atoms with Crippen LogP contribution >= 0.6 is 15.9 Å². The Morgan fingerprint density at radius 1 is 1.33 bits per heavy atom. The second-order valence-corrected chi connectivity index (χ2v) is 6.00. The molecule has 5 heteroatoms. The van der Waals surface area contributed by atoms with Gasteiger partial charge in [0.05, 0.1) is 6.61 Å². The SMILES string of the molecule is CCCCOCC(O)COc1cc(Br)ccc1C(C)NC. The number of nitrogens with one attached hydrogen (secondary N) is 1. The van der Waals surface area contributed by atoms with E-state index in [1.54, 1.807) is 0 Å². The van der Waals surface area contributed by atoms with Crippen LogP contribution in [0.25, 0.3) is 0 Å². The van der Waals surface area contributed by atoms with E-state index >= 15 is 0 Å².